The maximum Gasteiger partial charge on any atom is 0.342 e. The van der Waals surface area contributed by atoms with Gasteiger partial charge >= 0.3 is 5.97 Å². The Morgan fingerprint density at radius 1 is 1.17 bits per heavy atom. The first kappa shape index (κ1) is 16.5. The highest BCUT2D eigenvalue weighted by molar-refractivity contribution is 5.99. The van der Waals surface area contributed by atoms with Crippen LogP contribution < -0.4 is 9.47 Å². The molecule has 0 saturated carbocycles. The van der Waals surface area contributed by atoms with Gasteiger partial charge in [0.2, 0.25) is 6.79 Å². The van der Waals surface area contributed by atoms with E-state index in [1.807, 2.05) is 0 Å². The molecule has 1 aromatic carbocycles. The predicted octanol–water partition coefficient (Wildman–Crippen LogP) is 2.68. The van der Waals surface area contributed by atoms with Crippen LogP contribution in [0.1, 0.15) is 19.4 Å². The van der Waals surface area contributed by atoms with Crippen molar-refractivity contribution in [3.63, 3.8) is 0 Å². The highest BCUT2D eigenvalue weighted by Gasteiger charge is 2.20. The highest BCUT2D eigenvalue weighted by Crippen LogP contribution is 2.34. The van der Waals surface area contributed by atoms with Crippen LogP contribution in [0, 0.1) is 0 Å². The fourth-order valence-electron chi connectivity index (χ4n) is 1.95. The third kappa shape index (κ3) is 3.88. The van der Waals surface area contributed by atoms with Crippen LogP contribution in [-0.4, -0.2) is 36.2 Å². The molecule has 0 unspecified atom stereocenters. The summed E-state index contributed by atoms with van der Waals surface area (Å²) in [4.78, 5) is 12.0. The van der Waals surface area contributed by atoms with E-state index in [0.717, 1.165) is 6.08 Å². The molecule has 124 valence electrons. The zero-order valence-electron chi connectivity index (χ0n) is 12.9. The van der Waals surface area contributed by atoms with E-state index in [-0.39, 0.29) is 31.3 Å². The van der Waals surface area contributed by atoms with Gasteiger partial charge in [-0.3, -0.25) is 0 Å². The third-order valence-corrected chi connectivity index (χ3v) is 2.96. The second kappa shape index (κ2) is 7.44. The SMILES string of the molecule is CCOC(=O)C(/C=C(\O)OCC)=C(/O)c1ccc2c(c1)OCO2. The smallest absolute Gasteiger partial charge is 0.342 e. The van der Waals surface area contributed by atoms with Gasteiger partial charge in [-0.05, 0) is 32.0 Å². The van der Waals surface area contributed by atoms with Crippen LogP contribution in [0.4, 0.5) is 0 Å². The van der Waals surface area contributed by atoms with Crippen molar-refractivity contribution < 1.29 is 34.0 Å². The summed E-state index contributed by atoms with van der Waals surface area (Å²) in [5.41, 5.74) is 0.0921. The van der Waals surface area contributed by atoms with Gasteiger partial charge in [-0.2, -0.15) is 0 Å². The van der Waals surface area contributed by atoms with Crippen molar-refractivity contribution in [2.45, 2.75) is 13.8 Å². The minimum atomic E-state index is -0.783. The molecular weight excluding hydrogens is 304 g/mol. The molecular formula is C16H18O7. The van der Waals surface area contributed by atoms with Gasteiger partial charge in [0.25, 0.3) is 5.95 Å². The number of benzene rings is 1. The Morgan fingerprint density at radius 2 is 1.87 bits per heavy atom. The van der Waals surface area contributed by atoms with Crippen LogP contribution in [0.3, 0.4) is 0 Å². The van der Waals surface area contributed by atoms with Crippen LogP contribution in [0.15, 0.2) is 35.8 Å². The Hall–Kier alpha value is -2.83. The Morgan fingerprint density at radius 3 is 2.57 bits per heavy atom. The van der Waals surface area contributed by atoms with Gasteiger partial charge in [0, 0.05) is 11.6 Å². The summed E-state index contributed by atoms with van der Waals surface area (Å²) in [6.07, 6.45) is 1.02. The van der Waals surface area contributed by atoms with E-state index >= 15 is 0 Å². The summed E-state index contributed by atoms with van der Waals surface area (Å²) < 4.78 is 20.2. The number of carbonyl (C=O) groups excluding carboxylic acids is 1. The maximum atomic E-state index is 12.0. The number of aliphatic hydroxyl groups is 2. The van der Waals surface area contributed by atoms with Gasteiger partial charge in [-0.15, -0.1) is 0 Å². The van der Waals surface area contributed by atoms with E-state index in [9.17, 15) is 15.0 Å². The third-order valence-electron chi connectivity index (χ3n) is 2.96. The highest BCUT2D eigenvalue weighted by atomic mass is 16.7. The van der Waals surface area contributed by atoms with Crippen molar-refractivity contribution in [2.24, 2.45) is 0 Å². The fourth-order valence-corrected chi connectivity index (χ4v) is 1.95. The van der Waals surface area contributed by atoms with Crippen molar-refractivity contribution in [1.82, 2.24) is 0 Å². The number of fused-ring (bicyclic) bond motifs is 1. The van der Waals surface area contributed by atoms with E-state index in [0.29, 0.717) is 17.1 Å². The normalized spacial score (nSPS) is 14.3. The predicted molar refractivity (Wildman–Crippen MR) is 81.1 cm³/mol. The zero-order chi connectivity index (χ0) is 16.8. The fraction of sp³-hybridized carbons (Fsp3) is 0.312. The molecule has 0 bridgehead atoms. The molecule has 1 aromatic rings. The second-order valence-electron chi connectivity index (χ2n) is 4.47. The first-order valence-electron chi connectivity index (χ1n) is 7.10. The van der Waals surface area contributed by atoms with Gasteiger partial charge in [0.05, 0.1) is 13.2 Å². The maximum absolute atomic E-state index is 12.0. The van der Waals surface area contributed by atoms with Crippen LogP contribution in [0.5, 0.6) is 11.5 Å². The van der Waals surface area contributed by atoms with Crippen LogP contribution in [0.2, 0.25) is 0 Å². The van der Waals surface area contributed by atoms with Gasteiger partial charge in [0.1, 0.15) is 11.3 Å². The lowest BCUT2D eigenvalue weighted by Crippen LogP contribution is -2.09. The van der Waals surface area contributed by atoms with Crippen molar-refractivity contribution in [2.75, 3.05) is 20.0 Å². The lowest BCUT2D eigenvalue weighted by molar-refractivity contribution is -0.138. The first-order valence-corrected chi connectivity index (χ1v) is 7.10. The minimum absolute atomic E-state index is 0.0963. The topological polar surface area (TPSA) is 94.5 Å². The Balaban J connectivity index is 2.43. The van der Waals surface area contributed by atoms with Crippen LogP contribution >= 0.6 is 0 Å². The number of hydrogen-bond acceptors (Lipinski definition) is 7. The molecule has 0 amide bonds. The van der Waals surface area contributed by atoms with E-state index in [4.69, 9.17) is 18.9 Å². The molecule has 0 aliphatic carbocycles. The molecule has 1 aliphatic rings. The molecule has 0 radical (unpaired) electrons. The van der Waals surface area contributed by atoms with Gasteiger partial charge < -0.3 is 29.2 Å². The summed E-state index contributed by atoms with van der Waals surface area (Å²) in [6, 6.07) is 4.71. The summed E-state index contributed by atoms with van der Waals surface area (Å²) >= 11 is 0. The largest absolute Gasteiger partial charge is 0.506 e. The van der Waals surface area contributed by atoms with Gasteiger partial charge in [0.15, 0.2) is 11.5 Å². The molecule has 2 N–H and O–H groups in total. The molecule has 0 aromatic heterocycles. The van der Waals surface area contributed by atoms with Crippen molar-refractivity contribution in [3.05, 3.63) is 41.4 Å². The minimum Gasteiger partial charge on any atom is -0.506 e. The summed E-state index contributed by atoms with van der Waals surface area (Å²) in [6.45, 7) is 3.75. The lowest BCUT2D eigenvalue weighted by Gasteiger charge is -2.09. The average molecular weight is 322 g/mol. The first-order chi connectivity index (χ1) is 11.1. The summed E-state index contributed by atoms with van der Waals surface area (Å²) in [7, 11) is 0. The monoisotopic (exact) mass is 322 g/mol. The number of aliphatic hydroxyl groups excluding tert-OH is 2. The molecule has 2 rings (SSSR count). The molecule has 23 heavy (non-hydrogen) atoms. The summed E-state index contributed by atoms with van der Waals surface area (Å²) in [5, 5.41) is 20.0. The van der Waals surface area contributed by atoms with Crippen molar-refractivity contribution in [3.8, 4) is 11.5 Å². The second-order valence-corrected chi connectivity index (χ2v) is 4.47. The quantitative estimate of drug-likeness (QED) is 0.360. The number of esters is 1. The number of rotatable bonds is 6. The molecule has 1 heterocycles. The number of carbonyl (C=O) groups is 1. The molecule has 0 fully saturated rings. The van der Waals surface area contributed by atoms with Crippen molar-refractivity contribution in [1.29, 1.82) is 0 Å². The standard InChI is InChI=1S/C16H18O7/c1-3-20-14(17)8-11(16(19)21-4-2)15(18)10-5-6-12-13(7-10)23-9-22-12/h5-8,17-18H,3-4,9H2,1-2H3/b14-8+,15-11+. The van der Waals surface area contributed by atoms with Crippen LogP contribution in [-0.2, 0) is 14.3 Å². The van der Waals surface area contributed by atoms with E-state index in [1.165, 1.54) is 6.07 Å². The zero-order valence-corrected chi connectivity index (χ0v) is 12.9. The van der Waals surface area contributed by atoms with E-state index in [1.54, 1.807) is 26.0 Å². The van der Waals surface area contributed by atoms with Gasteiger partial charge in [-0.1, -0.05) is 0 Å². The molecule has 1 aliphatic heterocycles. The Kier molecular flexibility index (Phi) is 5.35. The summed E-state index contributed by atoms with van der Waals surface area (Å²) in [5.74, 6) is -0.646. The van der Waals surface area contributed by atoms with Crippen LogP contribution in [0.25, 0.3) is 5.76 Å². The Labute approximate surface area is 133 Å². The number of ether oxygens (including phenoxy) is 4. The van der Waals surface area contributed by atoms with E-state index < -0.39 is 11.9 Å². The van der Waals surface area contributed by atoms with Crippen molar-refractivity contribution >= 4 is 11.7 Å². The van der Waals surface area contributed by atoms with Gasteiger partial charge in [-0.25, -0.2) is 4.79 Å². The van der Waals surface area contributed by atoms with E-state index in [2.05, 4.69) is 0 Å². The molecule has 7 heteroatoms. The lowest BCUT2D eigenvalue weighted by atomic mass is 10.1. The Bertz CT molecular complexity index is 646. The molecule has 0 spiro atoms. The molecule has 0 saturated heterocycles. The number of hydrogen-bond donors (Lipinski definition) is 2. The molecule has 0 atom stereocenters. The average Bonchev–Trinajstić information content (AvgIpc) is 3.00. The molecule has 7 nitrogen and oxygen atoms in total.